The number of nitrogens with zero attached hydrogens (tertiary/aromatic N) is 4. The summed E-state index contributed by atoms with van der Waals surface area (Å²) in [6.45, 7) is 1.37. The maximum atomic E-state index is 12.4. The van der Waals surface area contributed by atoms with Gasteiger partial charge in [0, 0.05) is 37.9 Å². The molecule has 4 heterocycles. The van der Waals surface area contributed by atoms with E-state index in [1.807, 2.05) is 45.9 Å². The number of rotatable bonds is 6. The van der Waals surface area contributed by atoms with E-state index in [2.05, 4.69) is 15.4 Å². The highest BCUT2D eigenvalue weighted by Gasteiger charge is 2.19. The van der Waals surface area contributed by atoms with E-state index in [1.54, 1.807) is 18.5 Å². The summed E-state index contributed by atoms with van der Waals surface area (Å²) in [5, 5.41) is 7.31. The third-order valence-electron chi connectivity index (χ3n) is 5.33. The van der Waals surface area contributed by atoms with Gasteiger partial charge in [-0.1, -0.05) is 6.42 Å². The molecule has 142 valence electrons. The zero-order chi connectivity index (χ0) is 18.9. The molecule has 0 aromatic carbocycles. The summed E-state index contributed by atoms with van der Waals surface area (Å²) in [5.41, 5.74) is 2.73. The summed E-state index contributed by atoms with van der Waals surface area (Å²) in [5.74, 6) is 1.45. The molecule has 1 N–H and O–H groups in total. The van der Waals surface area contributed by atoms with Crippen molar-refractivity contribution >= 4 is 11.6 Å². The lowest BCUT2D eigenvalue weighted by Gasteiger charge is -2.24. The average molecular weight is 375 g/mol. The van der Waals surface area contributed by atoms with Gasteiger partial charge in [-0.15, -0.1) is 0 Å². The molecule has 0 aliphatic heterocycles. The second-order valence-corrected chi connectivity index (χ2v) is 7.32. The number of hydrogen-bond acceptors (Lipinski definition) is 4. The van der Waals surface area contributed by atoms with Gasteiger partial charge in [0.25, 0.3) is 5.91 Å². The van der Waals surface area contributed by atoms with E-state index in [1.165, 1.54) is 19.3 Å². The van der Waals surface area contributed by atoms with Crippen molar-refractivity contribution in [3.8, 4) is 11.3 Å². The van der Waals surface area contributed by atoms with E-state index in [-0.39, 0.29) is 5.91 Å². The van der Waals surface area contributed by atoms with Gasteiger partial charge in [0.2, 0.25) is 0 Å². The van der Waals surface area contributed by atoms with Crippen molar-refractivity contribution in [1.29, 1.82) is 0 Å². The number of hydrogen-bond donors (Lipinski definition) is 1. The molecule has 0 spiro atoms. The van der Waals surface area contributed by atoms with Gasteiger partial charge in [0.05, 0.1) is 11.8 Å². The number of imidazole rings is 1. The highest BCUT2D eigenvalue weighted by Crippen LogP contribution is 2.28. The van der Waals surface area contributed by atoms with Crippen LogP contribution in [-0.4, -0.2) is 25.1 Å². The largest absolute Gasteiger partial charge is 0.451 e. The van der Waals surface area contributed by atoms with Crippen LogP contribution in [-0.2, 0) is 13.1 Å². The first kappa shape index (κ1) is 16.8. The smallest absolute Gasteiger partial charge is 0.287 e. The average Bonchev–Trinajstić information content (AvgIpc) is 3.42. The lowest BCUT2D eigenvalue weighted by molar-refractivity contribution is 0.0924. The molecule has 7 nitrogen and oxygen atoms in total. The van der Waals surface area contributed by atoms with E-state index < -0.39 is 0 Å². The van der Waals surface area contributed by atoms with Gasteiger partial charge in [-0.2, -0.15) is 5.10 Å². The van der Waals surface area contributed by atoms with E-state index >= 15 is 0 Å². The van der Waals surface area contributed by atoms with Gasteiger partial charge in [-0.05, 0) is 48.6 Å². The third kappa shape index (κ3) is 3.31. The van der Waals surface area contributed by atoms with Crippen LogP contribution in [0.1, 0.15) is 35.4 Å². The maximum Gasteiger partial charge on any atom is 0.287 e. The summed E-state index contributed by atoms with van der Waals surface area (Å²) < 4.78 is 9.65. The number of carbonyl (C=O) groups excluding carboxylic acids is 1. The standard InChI is InChI=1S/C21H21N5O2/c27-21(23-11-16-6-8-25-9-7-22-20(25)10-16)19-5-4-18(28-19)17-12-24-26(14-17)13-15-2-1-3-15/h4-10,12,14-15H,1-3,11,13H2,(H,23,27). The number of carbonyl (C=O) groups is 1. The number of nitrogens with one attached hydrogen (secondary N) is 1. The molecule has 0 saturated heterocycles. The van der Waals surface area contributed by atoms with Crippen molar-refractivity contribution in [3.63, 3.8) is 0 Å². The highest BCUT2D eigenvalue weighted by atomic mass is 16.3. The van der Waals surface area contributed by atoms with Gasteiger partial charge in [0.15, 0.2) is 5.76 Å². The Kier molecular flexibility index (Phi) is 4.20. The van der Waals surface area contributed by atoms with Crippen molar-refractivity contribution < 1.29 is 9.21 Å². The van der Waals surface area contributed by atoms with Gasteiger partial charge in [0.1, 0.15) is 11.4 Å². The van der Waals surface area contributed by atoms with Gasteiger partial charge in [-0.3, -0.25) is 9.48 Å². The van der Waals surface area contributed by atoms with Crippen molar-refractivity contribution in [2.45, 2.75) is 32.4 Å². The molecular weight excluding hydrogens is 354 g/mol. The fourth-order valence-electron chi connectivity index (χ4n) is 3.48. The number of amides is 1. The Morgan fingerprint density at radius 1 is 1.25 bits per heavy atom. The Hall–Kier alpha value is -3.35. The Labute approximate surface area is 162 Å². The van der Waals surface area contributed by atoms with Gasteiger partial charge >= 0.3 is 0 Å². The van der Waals surface area contributed by atoms with Crippen LogP contribution < -0.4 is 5.32 Å². The molecule has 0 bridgehead atoms. The zero-order valence-electron chi connectivity index (χ0n) is 15.4. The first-order chi connectivity index (χ1) is 13.7. The molecule has 0 radical (unpaired) electrons. The molecule has 7 heteroatoms. The van der Waals surface area contributed by atoms with Gasteiger partial charge < -0.3 is 14.1 Å². The van der Waals surface area contributed by atoms with Crippen LogP contribution in [0, 0.1) is 5.92 Å². The lowest BCUT2D eigenvalue weighted by atomic mass is 9.85. The Morgan fingerprint density at radius 2 is 2.18 bits per heavy atom. The van der Waals surface area contributed by atoms with E-state index in [9.17, 15) is 4.79 Å². The number of furan rings is 1. The molecule has 5 rings (SSSR count). The Morgan fingerprint density at radius 3 is 3.04 bits per heavy atom. The molecular formula is C21H21N5O2. The van der Waals surface area contributed by atoms with Crippen LogP contribution in [0.2, 0.25) is 0 Å². The topological polar surface area (TPSA) is 77.4 Å². The quantitative estimate of drug-likeness (QED) is 0.559. The second kappa shape index (κ2) is 6.99. The molecule has 0 unspecified atom stereocenters. The van der Waals surface area contributed by atoms with Crippen LogP contribution in [0.15, 0.2) is 59.7 Å². The van der Waals surface area contributed by atoms with Crippen LogP contribution >= 0.6 is 0 Å². The fraction of sp³-hybridized carbons (Fsp3) is 0.286. The summed E-state index contributed by atoms with van der Waals surface area (Å²) in [4.78, 5) is 16.7. The molecule has 0 atom stereocenters. The van der Waals surface area contributed by atoms with Crippen molar-refractivity contribution in [1.82, 2.24) is 24.5 Å². The van der Waals surface area contributed by atoms with Crippen molar-refractivity contribution in [3.05, 3.63) is 66.6 Å². The Bertz CT molecular complexity index is 1120. The first-order valence-corrected chi connectivity index (χ1v) is 9.57. The molecule has 1 aliphatic carbocycles. The molecule has 1 saturated carbocycles. The van der Waals surface area contributed by atoms with Crippen LogP contribution in [0.5, 0.6) is 0 Å². The summed E-state index contributed by atoms with van der Waals surface area (Å²) >= 11 is 0. The molecule has 4 aromatic heterocycles. The predicted octanol–water partition coefficient (Wildman–Crippen LogP) is 3.52. The molecule has 1 fully saturated rings. The highest BCUT2D eigenvalue weighted by molar-refractivity contribution is 5.92. The van der Waals surface area contributed by atoms with Crippen molar-refractivity contribution in [2.75, 3.05) is 0 Å². The minimum atomic E-state index is -0.240. The number of pyridine rings is 1. The van der Waals surface area contributed by atoms with Crippen LogP contribution in [0.4, 0.5) is 0 Å². The van der Waals surface area contributed by atoms with Crippen LogP contribution in [0.3, 0.4) is 0 Å². The summed E-state index contributed by atoms with van der Waals surface area (Å²) in [7, 11) is 0. The SMILES string of the molecule is O=C(NCc1ccn2ccnc2c1)c1ccc(-c2cnn(CC3CCC3)c2)o1. The number of fused-ring (bicyclic) bond motifs is 1. The minimum Gasteiger partial charge on any atom is -0.451 e. The van der Waals surface area contributed by atoms with Crippen LogP contribution in [0.25, 0.3) is 17.0 Å². The van der Waals surface area contributed by atoms with E-state index in [4.69, 9.17) is 4.42 Å². The number of aromatic nitrogens is 4. The lowest BCUT2D eigenvalue weighted by Crippen LogP contribution is -2.22. The zero-order valence-corrected chi connectivity index (χ0v) is 15.4. The fourth-order valence-corrected chi connectivity index (χ4v) is 3.48. The third-order valence-corrected chi connectivity index (χ3v) is 5.33. The molecule has 28 heavy (non-hydrogen) atoms. The maximum absolute atomic E-state index is 12.4. The van der Waals surface area contributed by atoms with E-state index in [0.29, 0.717) is 18.1 Å². The molecule has 4 aromatic rings. The minimum absolute atomic E-state index is 0.240. The van der Waals surface area contributed by atoms with Crippen molar-refractivity contribution in [2.24, 2.45) is 5.92 Å². The second-order valence-electron chi connectivity index (χ2n) is 7.32. The summed E-state index contributed by atoms with van der Waals surface area (Å²) in [6, 6.07) is 7.42. The van der Waals surface area contributed by atoms with Gasteiger partial charge in [-0.25, -0.2) is 4.98 Å². The molecule has 1 aliphatic rings. The molecule has 1 amide bonds. The predicted molar refractivity (Wildman–Crippen MR) is 104 cm³/mol. The summed E-state index contributed by atoms with van der Waals surface area (Å²) in [6.07, 6.45) is 13.2. The Balaban J connectivity index is 1.23. The van der Waals surface area contributed by atoms with E-state index in [0.717, 1.165) is 29.2 Å². The first-order valence-electron chi connectivity index (χ1n) is 9.57. The monoisotopic (exact) mass is 375 g/mol. The normalized spacial score (nSPS) is 14.3.